The molecule has 0 aliphatic carbocycles. The van der Waals surface area contributed by atoms with Crippen molar-refractivity contribution in [1.29, 1.82) is 0 Å². The van der Waals surface area contributed by atoms with Crippen molar-refractivity contribution in [2.24, 2.45) is 14.1 Å². The van der Waals surface area contributed by atoms with Gasteiger partial charge in [0, 0.05) is 25.5 Å². The summed E-state index contributed by atoms with van der Waals surface area (Å²) in [6.45, 7) is 3.64. The number of nitrogens with one attached hydrogen (secondary N) is 1. The van der Waals surface area contributed by atoms with Crippen LogP contribution in [0.4, 0.5) is 5.69 Å². The summed E-state index contributed by atoms with van der Waals surface area (Å²) in [6.07, 6.45) is 0. The highest BCUT2D eigenvalue weighted by molar-refractivity contribution is 6.11. The number of rotatable bonds is 2. The second-order valence-corrected chi connectivity index (χ2v) is 6.04. The van der Waals surface area contributed by atoms with Crippen LogP contribution in [-0.2, 0) is 14.1 Å². The number of benzene rings is 1. The largest absolute Gasteiger partial charge is 0.332 e. The first-order chi connectivity index (χ1) is 11.8. The number of aryl methyl sites for hydroxylation is 3. The van der Waals surface area contributed by atoms with Gasteiger partial charge in [-0.2, -0.15) is 0 Å². The Balaban J connectivity index is 2.24. The van der Waals surface area contributed by atoms with Gasteiger partial charge in [-0.1, -0.05) is 12.1 Å². The number of pyridine rings is 1. The van der Waals surface area contributed by atoms with Crippen molar-refractivity contribution in [2.45, 2.75) is 13.8 Å². The summed E-state index contributed by atoms with van der Waals surface area (Å²) in [7, 11) is 2.91. The van der Waals surface area contributed by atoms with E-state index in [0.717, 1.165) is 10.1 Å². The van der Waals surface area contributed by atoms with E-state index in [1.165, 1.54) is 18.7 Å². The topological polar surface area (TPSA) is 86.0 Å². The number of aromatic nitrogens is 3. The standard InChI is InChI=1S/C18H18N4O3/c1-10-6-5-7-12(8-10)20-16(23)13-9-11(2)19-15-14(13)17(24)22(4)18(25)21(15)3/h5-9H,1-4H3,(H,20,23). The van der Waals surface area contributed by atoms with Gasteiger partial charge in [-0.15, -0.1) is 0 Å². The predicted octanol–water partition coefficient (Wildman–Crippen LogP) is 1.50. The first kappa shape index (κ1) is 16.6. The third kappa shape index (κ3) is 2.84. The monoisotopic (exact) mass is 338 g/mol. The molecule has 2 aromatic heterocycles. The third-order valence-electron chi connectivity index (χ3n) is 4.06. The average molecular weight is 338 g/mol. The quantitative estimate of drug-likeness (QED) is 0.767. The molecule has 0 unspecified atom stereocenters. The Morgan fingerprint density at radius 1 is 1.08 bits per heavy atom. The van der Waals surface area contributed by atoms with Gasteiger partial charge in [-0.25, -0.2) is 9.78 Å². The van der Waals surface area contributed by atoms with Gasteiger partial charge in [0.05, 0.1) is 10.9 Å². The van der Waals surface area contributed by atoms with Crippen LogP contribution in [0.25, 0.3) is 11.0 Å². The van der Waals surface area contributed by atoms with E-state index in [4.69, 9.17) is 0 Å². The molecule has 0 spiro atoms. The van der Waals surface area contributed by atoms with Crippen LogP contribution >= 0.6 is 0 Å². The van der Waals surface area contributed by atoms with Crippen LogP contribution in [0.2, 0.25) is 0 Å². The second-order valence-electron chi connectivity index (χ2n) is 6.04. The molecule has 3 rings (SSSR count). The number of anilines is 1. The Morgan fingerprint density at radius 3 is 2.48 bits per heavy atom. The van der Waals surface area contributed by atoms with Crippen LogP contribution < -0.4 is 16.6 Å². The maximum absolute atomic E-state index is 12.8. The molecule has 1 aromatic carbocycles. The zero-order chi connectivity index (χ0) is 18.3. The number of fused-ring (bicyclic) bond motifs is 1. The van der Waals surface area contributed by atoms with E-state index < -0.39 is 17.2 Å². The molecule has 2 heterocycles. The summed E-state index contributed by atoms with van der Waals surface area (Å²) in [5.41, 5.74) is 1.55. The van der Waals surface area contributed by atoms with E-state index >= 15 is 0 Å². The molecule has 128 valence electrons. The summed E-state index contributed by atoms with van der Waals surface area (Å²) in [5.74, 6) is -0.420. The minimum Gasteiger partial charge on any atom is -0.322 e. The van der Waals surface area contributed by atoms with E-state index in [0.29, 0.717) is 11.4 Å². The molecular formula is C18H18N4O3. The molecule has 7 heteroatoms. The summed E-state index contributed by atoms with van der Waals surface area (Å²) in [4.78, 5) is 41.7. The molecule has 0 aliphatic heterocycles. The molecule has 1 amide bonds. The normalized spacial score (nSPS) is 10.9. The van der Waals surface area contributed by atoms with Crippen molar-refractivity contribution >= 4 is 22.6 Å². The van der Waals surface area contributed by atoms with Gasteiger partial charge in [0.25, 0.3) is 11.5 Å². The van der Waals surface area contributed by atoms with E-state index in [9.17, 15) is 14.4 Å². The molecule has 7 nitrogen and oxygen atoms in total. The van der Waals surface area contributed by atoms with Crippen molar-refractivity contribution in [1.82, 2.24) is 14.1 Å². The predicted molar refractivity (Wildman–Crippen MR) is 96.1 cm³/mol. The van der Waals surface area contributed by atoms with E-state index in [1.807, 2.05) is 25.1 Å². The maximum Gasteiger partial charge on any atom is 0.332 e. The molecule has 0 fully saturated rings. The van der Waals surface area contributed by atoms with Crippen molar-refractivity contribution in [2.75, 3.05) is 5.32 Å². The number of amides is 1. The van der Waals surface area contributed by atoms with Crippen LogP contribution in [0.5, 0.6) is 0 Å². The first-order valence-electron chi connectivity index (χ1n) is 7.75. The minimum atomic E-state index is -0.542. The highest BCUT2D eigenvalue weighted by atomic mass is 16.2. The van der Waals surface area contributed by atoms with Crippen molar-refractivity contribution < 1.29 is 4.79 Å². The minimum absolute atomic E-state index is 0.125. The van der Waals surface area contributed by atoms with Gasteiger partial charge in [0.15, 0.2) is 0 Å². The van der Waals surface area contributed by atoms with E-state index in [1.54, 1.807) is 19.1 Å². The second kappa shape index (κ2) is 6.01. The number of carbonyl (C=O) groups is 1. The van der Waals surface area contributed by atoms with Crippen molar-refractivity contribution in [3.63, 3.8) is 0 Å². The number of hydrogen-bond donors (Lipinski definition) is 1. The highest BCUT2D eigenvalue weighted by Gasteiger charge is 2.19. The van der Waals surface area contributed by atoms with Gasteiger partial charge < -0.3 is 5.32 Å². The third-order valence-corrected chi connectivity index (χ3v) is 4.06. The van der Waals surface area contributed by atoms with Crippen molar-refractivity contribution in [3.05, 3.63) is 68.0 Å². The van der Waals surface area contributed by atoms with E-state index in [-0.39, 0.29) is 16.6 Å². The number of carbonyl (C=O) groups excluding carboxylic acids is 1. The summed E-state index contributed by atoms with van der Waals surface area (Å²) < 4.78 is 2.25. The Morgan fingerprint density at radius 2 is 1.80 bits per heavy atom. The molecule has 0 radical (unpaired) electrons. The van der Waals surface area contributed by atoms with Crippen LogP contribution in [-0.4, -0.2) is 20.0 Å². The highest BCUT2D eigenvalue weighted by Crippen LogP contribution is 2.17. The Bertz CT molecular complexity index is 1130. The molecule has 3 aromatic rings. The zero-order valence-corrected chi connectivity index (χ0v) is 14.5. The lowest BCUT2D eigenvalue weighted by Gasteiger charge is -2.12. The number of hydrogen-bond acceptors (Lipinski definition) is 4. The lowest BCUT2D eigenvalue weighted by Crippen LogP contribution is -2.38. The fourth-order valence-electron chi connectivity index (χ4n) is 2.78. The van der Waals surface area contributed by atoms with Crippen molar-refractivity contribution in [3.8, 4) is 0 Å². The average Bonchev–Trinajstić information content (AvgIpc) is 2.57. The molecular weight excluding hydrogens is 320 g/mol. The summed E-state index contributed by atoms with van der Waals surface area (Å²) >= 11 is 0. The smallest absolute Gasteiger partial charge is 0.322 e. The van der Waals surface area contributed by atoms with Crippen LogP contribution in [0.3, 0.4) is 0 Å². The lowest BCUT2D eigenvalue weighted by atomic mass is 10.1. The zero-order valence-electron chi connectivity index (χ0n) is 14.5. The molecule has 0 saturated carbocycles. The van der Waals surface area contributed by atoms with Crippen LogP contribution in [0, 0.1) is 13.8 Å². The Hall–Kier alpha value is -3.22. The van der Waals surface area contributed by atoms with Gasteiger partial charge >= 0.3 is 5.69 Å². The van der Waals surface area contributed by atoms with Gasteiger partial charge in [0.2, 0.25) is 0 Å². The first-order valence-corrected chi connectivity index (χ1v) is 7.75. The van der Waals surface area contributed by atoms with Gasteiger partial charge in [-0.05, 0) is 37.6 Å². The molecule has 1 N–H and O–H groups in total. The molecule has 0 aliphatic rings. The van der Waals surface area contributed by atoms with Gasteiger partial charge in [0.1, 0.15) is 5.65 Å². The number of nitrogens with zero attached hydrogens (tertiary/aromatic N) is 3. The SMILES string of the molecule is Cc1cccc(NC(=O)c2cc(C)nc3c2c(=O)n(C)c(=O)n3C)c1. The fourth-order valence-corrected chi connectivity index (χ4v) is 2.78. The molecule has 0 atom stereocenters. The van der Waals surface area contributed by atoms with Gasteiger partial charge in [-0.3, -0.25) is 18.7 Å². The summed E-state index contributed by atoms with van der Waals surface area (Å²) in [5, 5.41) is 2.92. The maximum atomic E-state index is 12.8. The van der Waals surface area contributed by atoms with Crippen LogP contribution in [0.15, 0.2) is 39.9 Å². The van der Waals surface area contributed by atoms with E-state index in [2.05, 4.69) is 10.3 Å². The Labute approximate surface area is 143 Å². The molecule has 0 bridgehead atoms. The Kier molecular flexibility index (Phi) is 4.00. The fraction of sp³-hybridized carbons (Fsp3) is 0.222. The molecule has 0 saturated heterocycles. The lowest BCUT2D eigenvalue weighted by molar-refractivity contribution is 0.102. The molecule has 25 heavy (non-hydrogen) atoms. The van der Waals surface area contributed by atoms with Crippen LogP contribution in [0.1, 0.15) is 21.6 Å². The summed E-state index contributed by atoms with van der Waals surface area (Å²) in [6, 6.07) is 8.92.